The first kappa shape index (κ1) is 16.6. The molecule has 5 heteroatoms. The number of hydrogen-bond acceptors (Lipinski definition) is 1. The van der Waals surface area contributed by atoms with E-state index in [9.17, 15) is 4.79 Å². The number of fused-ring (bicyclic) bond motifs is 1. The van der Waals surface area contributed by atoms with E-state index < -0.39 is 5.97 Å². The van der Waals surface area contributed by atoms with Crippen LogP contribution in [0, 0.1) is 6.92 Å². The maximum absolute atomic E-state index is 10.8. The molecular formula is C19H15Cl2NO2. The Labute approximate surface area is 149 Å². The van der Waals surface area contributed by atoms with Crippen LogP contribution in [0.25, 0.3) is 17.0 Å². The van der Waals surface area contributed by atoms with Crippen molar-refractivity contribution in [3.63, 3.8) is 0 Å². The van der Waals surface area contributed by atoms with E-state index >= 15 is 0 Å². The van der Waals surface area contributed by atoms with Crippen molar-refractivity contribution in [3.8, 4) is 0 Å². The van der Waals surface area contributed by atoms with Crippen LogP contribution in [0.1, 0.15) is 16.7 Å². The van der Waals surface area contributed by atoms with Crippen LogP contribution in [0.15, 0.2) is 48.7 Å². The van der Waals surface area contributed by atoms with E-state index in [4.69, 9.17) is 28.3 Å². The van der Waals surface area contributed by atoms with Gasteiger partial charge in [-0.2, -0.15) is 0 Å². The first-order chi connectivity index (χ1) is 11.5. The number of rotatable bonds is 4. The summed E-state index contributed by atoms with van der Waals surface area (Å²) < 4.78 is 2.08. The van der Waals surface area contributed by atoms with Gasteiger partial charge in [-0.1, -0.05) is 47.5 Å². The lowest BCUT2D eigenvalue weighted by Gasteiger charge is -2.10. The van der Waals surface area contributed by atoms with Crippen LogP contribution < -0.4 is 0 Å². The predicted octanol–water partition coefficient (Wildman–Crippen LogP) is 5.40. The average molecular weight is 360 g/mol. The molecule has 0 atom stereocenters. The van der Waals surface area contributed by atoms with Gasteiger partial charge in [0.2, 0.25) is 0 Å². The van der Waals surface area contributed by atoms with E-state index in [1.54, 1.807) is 12.1 Å². The van der Waals surface area contributed by atoms with Gasteiger partial charge in [0.1, 0.15) is 0 Å². The molecule has 0 aliphatic heterocycles. The average Bonchev–Trinajstić information content (AvgIpc) is 2.85. The number of benzene rings is 2. The van der Waals surface area contributed by atoms with E-state index in [1.807, 2.05) is 43.5 Å². The standard InChI is InChI=1S/C19H15Cl2NO2/c1-12-10-22(11-14-5-7-15(20)9-17(14)21)19-13(6-8-18(23)24)3-2-4-16(12)19/h2-10H,11H2,1H3,(H,23,24). The topological polar surface area (TPSA) is 42.2 Å². The highest BCUT2D eigenvalue weighted by Crippen LogP contribution is 2.28. The van der Waals surface area contributed by atoms with E-state index in [2.05, 4.69) is 4.57 Å². The summed E-state index contributed by atoms with van der Waals surface area (Å²) in [5, 5.41) is 11.2. The Kier molecular flexibility index (Phi) is 4.65. The zero-order chi connectivity index (χ0) is 17.3. The predicted molar refractivity (Wildman–Crippen MR) is 98.9 cm³/mol. The van der Waals surface area contributed by atoms with Crippen LogP contribution in [0.4, 0.5) is 0 Å². The lowest BCUT2D eigenvalue weighted by Crippen LogP contribution is -2.00. The van der Waals surface area contributed by atoms with Crippen LogP contribution >= 0.6 is 23.2 Å². The van der Waals surface area contributed by atoms with Gasteiger partial charge in [0.25, 0.3) is 0 Å². The fourth-order valence-electron chi connectivity index (χ4n) is 2.82. The van der Waals surface area contributed by atoms with Crippen LogP contribution in [-0.2, 0) is 11.3 Å². The highest BCUT2D eigenvalue weighted by molar-refractivity contribution is 6.35. The Morgan fingerprint density at radius 2 is 2.04 bits per heavy atom. The van der Waals surface area contributed by atoms with E-state index in [0.29, 0.717) is 16.6 Å². The first-order valence-electron chi connectivity index (χ1n) is 7.39. The zero-order valence-corrected chi connectivity index (χ0v) is 14.5. The Hall–Kier alpha value is -2.23. The van der Waals surface area contributed by atoms with Gasteiger partial charge in [0.05, 0.1) is 5.52 Å². The number of nitrogens with zero attached hydrogens (tertiary/aromatic N) is 1. The van der Waals surface area contributed by atoms with Crippen molar-refractivity contribution in [1.82, 2.24) is 4.57 Å². The van der Waals surface area contributed by atoms with Gasteiger partial charge in [0, 0.05) is 34.2 Å². The number of aryl methyl sites for hydroxylation is 1. The number of aromatic nitrogens is 1. The van der Waals surface area contributed by atoms with E-state index in [1.165, 1.54) is 0 Å². The molecule has 0 saturated carbocycles. The number of carboxylic acid groups (broad SMARTS) is 1. The van der Waals surface area contributed by atoms with Crippen LogP contribution in [0.2, 0.25) is 10.0 Å². The third-order valence-electron chi connectivity index (χ3n) is 3.89. The van der Waals surface area contributed by atoms with Crippen molar-refractivity contribution in [3.05, 3.63) is 75.4 Å². The van der Waals surface area contributed by atoms with Gasteiger partial charge in [-0.25, -0.2) is 4.79 Å². The monoisotopic (exact) mass is 359 g/mol. The smallest absolute Gasteiger partial charge is 0.328 e. The summed E-state index contributed by atoms with van der Waals surface area (Å²) >= 11 is 12.2. The minimum absolute atomic E-state index is 0.582. The molecule has 0 unspecified atom stereocenters. The van der Waals surface area contributed by atoms with E-state index in [0.717, 1.165) is 33.7 Å². The van der Waals surface area contributed by atoms with Crippen molar-refractivity contribution in [1.29, 1.82) is 0 Å². The van der Waals surface area contributed by atoms with Crippen molar-refractivity contribution in [2.24, 2.45) is 0 Å². The third-order valence-corrected chi connectivity index (χ3v) is 4.48. The van der Waals surface area contributed by atoms with Crippen LogP contribution in [0.3, 0.4) is 0 Å². The molecule has 0 amide bonds. The highest BCUT2D eigenvalue weighted by atomic mass is 35.5. The van der Waals surface area contributed by atoms with Crippen molar-refractivity contribution in [2.75, 3.05) is 0 Å². The van der Waals surface area contributed by atoms with Gasteiger partial charge in [0.15, 0.2) is 0 Å². The molecule has 2 aromatic carbocycles. The summed E-state index contributed by atoms with van der Waals surface area (Å²) in [4.78, 5) is 10.8. The molecule has 3 nitrogen and oxygen atoms in total. The molecule has 0 aliphatic rings. The molecule has 1 aromatic heterocycles. The first-order valence-corrected chi connectivity index (χ1v) is 8.14. The second-order valence-electron chi connectivity index (χ2n) is 5.59. The molecule has 0 radical (unpaired) electrons. The van der Waals surface area contributed by atoms with E-state index in [-0.39, 0.29) is 0 Å². The number of halogens is 2. The molecule has 24 heavy (non-hydrogen) atoms. The highest BCUT2D eigenvalue weighted by Gasteiger charge is 2.11. The molecule has 122 valence electrons. The lowest BCUT2D eigenvalue weighted by atomic mass is 10.1. The summed E-state index contributed by atoms with van der Waals surface area (Å²) in [6.45, 7) is 2.62. The molecular weight excluding hydrogens is 345 g/mol. The van der Waals surface area contributed by atoms with Gasteiger partial charge < -0.3 is 9.67 Å². The third kappa shape index (κ3) is 3.32. The molecule has 0 fully saturated rings. The number of hydrogen-bond donors (Lipinski definition) is 1. The number of aliphatic carboxylic acids is 1. The number of carbonyl (C=O) groups is 1. The molecule has 3 aromatic rings. The van der Waals surface area contributed by atoms with Gasteiger partial charge >= 0.3 is 5.97 Å². The lowest BCUT2D eigenvalue weighted by molar-refractivity contribution is -0.131. The van der Waals surface area contributed by atoms with Crippen molar-refractivity contribution < 1.29 is 9.90 Å². The molecule has 1 N–H and O–H groups in total. The maximum Gasteiger partial charge on any atom is 0.328 e. The fraction of sp³-hybridized carbons (Fsp3) is 0.105. The second-order valence-corrected chi connectivity index (χ2v) is 6.43. The molecule has 3 rings (SSSR count). The van der Waals surface area contributed by atoms with Gasteiger partial charge in [-0.05, 0) is 41.8 Å². The Morgan fingerprint density at radius 3 is 2.75 bits per heavy atom. The summed E-state index contributed by atoms with van der Waals surface area (Å²) in [5.41, 5.74) is 3.92. The molecule has 0 bridgehead atoms. The quantitative estimate of drug-likeness (QED) is 0.633. The largest absolute Gasteiger partial charge is 0.478 e. The molecule has 1 heterocycles. The van der Waals surface area contributed by atoms with Gasteiger partial charge in [-0.3, -0.25) is 0 Å². The normalized spacial score (nSPS) is 11.5. The van der Waals surface area contributed by atoms with Crippen molar-refractivity contribution >= 4 is 46.2 Å². The minimum Gasteiger partial charge on any atom is -0.478 e. The summed E-state index contributed by atoms with van der Waals surface area (Å²) in [7, 11) is 0. The zero-order valence-electron chi connectivity index (χ0n) is 13.0. The Morgan fingerprint density at radius 1 is 1.25 bits per heavy atom. The Balaban J connectivity index is 2.12. The molecule has 0 aliphatic carbocycles. The fourth-order valence-corrected chi connectivity index (χ4v) is 3.29. The minimum atomic E-state index is -0.970. The number of carboxylic acids is 1. The molecule has 0 spiro atoms. The second kappa shape index (κ2) is 6.71. The maximum atomic E-state index is 10.8. The van der Waals surface area contributed by atoms with Crippen LogP contribution in [0.5, 0.6) is 0 Å². The Bertz CT molecular complexity index is 957. The van der Waals surface area contributed by atoms with Gasteiger partial charge in [-0.15, -0.1) is 0 Å². The van der Waals surface area contributed by atoms with Crippen molar-refractivity contribution in [2.45, 2.75) is 13.5 Å². The molecule has 0 saturated heterocycles. The number of para-hydroxylation sites is 1. The summed E-state index contributed by atoms with van der Waals surface area (Å²) in [5.74, 6) is -0.970. The van der Waals surface area contributed by atoms with Crippen LogP contribution in [-0.4, -0.2) is 15.6 Å². The summed E-state index contributed by atoms with van der Waals surface area (Å²) in [6, 6.07) is 11.3. The summed E-state index contributed by atoms with van der Waals surface area (Å²) in [6.07, 6.45) is 4.81. The SMILES string of the molecule is Cc1cn(Cc2ccc(Cl)cc2Cl)c2c(C=CC(=O)O)cccc12.